The molecule has 0 saturated carbocycles. The molecule has 90 valence electrons. The molecule has 0 spiro atoms. The fourth-order valence-corrected chi connectivity index (χ4v) is 2.17. The fraction of sp³-hybridized carbons (Fsp3) is 0. The summed E-state index contributed by atoms with van der Waals surface area (Å²) in [5, 5.41) is 4.12. The zero-order valence-electron chi connectivity index (χ0n) is 8.81. The summed E-state index contributed by atoms with van der Waals surface area (Å²) in [6.45, 7) is 0. The van der Waals surface area contributed by atoms with Crippen LogP contribution in [0.1, 0.15) is 0 Å². The second-order valence-corrected chi connectivity index (χ2v) is 4.77. The van der Waals surface area contributed by atoms with Crippen molar-refractivity contribution in [2.45, 2.75) is 0 Å². The number of hydrogen-bond acceptors (Lipinski definition) is 3. The average molecular weight is 328 g/mol. The van der Waals surface area contributed by atoms with Crippen LogP contribution >= 0.6 is 27.5 Å². The highest BCUT2D eigenvalue weighted by atomic mass is 79.9. The van der Waals surface area contributed by atoms with Crippen LogP contribution in [0.3, 0.4) is 0 Å². The molecule has 0 bridgehead atoms. The van der Waals surface area contributed by atoms with Crippen LogP contribution in [0.15, 0.2) is 35.2 Å². The maximum absolute atomic E-state index is 13.7. The van der Waals surface area contributed by atoms with Gasteiger partial charge in [-0.1, -0.05) is 0 Å². The molecule has 3 heterocycles. The summed E-state index contributed by atoms with van der Waals surface area (Å²) in [5.41, 5.74) is 1.61. The van der Waals surface area contributed by atoms with Crippen LogP contribution in [-0.2, 0) is 0 Å². The molecule has 18 heavy (non-hydrogen) atoms. The molecule has 3 aromatic heterocycles. The van der Waals surface area contributed by atoms with E-state index in [4.69, 9.17) is 11.6 Å². The van der Waals surface area contributed by atoms with Crippen LogP contribution < -0.4 is 0 Å². The number of pyridine rings is 1. The Hall–Kier alpha value is -1.53. The van der Waals surface area contributed by atoms with Gasteiger partial charge in [0.2, 0.25) is 5.28 Å². The lowest BCUT2D eigenvalue weighted by Crippen LogP contribution is -1.94. The van der Waals surface area contributed by atoms with Gasteiger partial charge in [0.25, 0.3) is 0 Å². The van der Waals surface area contributed by atoms with Gasteiger partial charge in [0.15, 0.2) is 5.82 Å². The van der Waals surface area contributed by atoms with Gasteiger partial charge in [-0.15, -0.1) is 0 Å². The zero-order chi connectivity index (χ0) is 12.7. The summed E-state index contributed by atoms with van der Waals surface area (Å²) in [6.07, 6.45) is 4.45. The van der Waals surface area contributed by atoms with Crippen LogP contribution in [0, 0.1) is 5.82 Å². The first-order chi connectivity index (χ1) is 8.65. The van der Waals surface area contributed by atoms with Crippen molar-refractivity contribution >= 4 is 33.0 Å². The molecule has 4 nitrogen and oxygen atoms in total. The smallest absolute Gasteiger partial charge is 0.223 e. The minimum atomic E-state index is -0.514. The summed E-state index contributed by atoms with van der Waals surface area (Å²) in [6, 6.07) is 3.49. The highest BCUT2D eigenvalue weighted by Crippen LogP contribution is 2.25. The minimum Gasteiger partial charge on any atom is -0.240 e. The number of fused-ring (bicyclic) bond motifs is 1. The minimum absolute atomic E-state index is 0.0128. The Morgan fingerprint density at radius 2 is 2.17 bits per heavy atom. The highest BCUT2D eigenvalue weighted by Gasteiger charge is 2.10. The largest absolute Gasteiger partial charge is 0.240 e. The van der Waals surface area contributed by atoms with Gasteiger partial charge in [-0.05, 0) is 39.7 Å². The summed E-state index contributed by atoms with van der Waals surface area (Å²) < 4.78 is 16.2. The number of nitrogens with zero attached hydrogens (tertiary/aromatic N) is 4. The zero-order valence-corrected chi connectivity index (χ0v) is 11.2. The second-order valence-electron chi connectivity index (χ2n) is 3.57. The Balaban J connectivity index is 2.24. The summed E-state index contributed by atoms with van der Waals surface area (Å²) >= 11 is 9.05. The van der Waals surface area contributed by atoms with Crippen LogP contribution in [0.5, 0.6) is 0 Å². The summed E-state index contributed by atoms with van der Waals surface area (Å²) in [5.74, 6) is -0.514. The molecule has 0 N–H and O–H groups in total. The maximum atomic E-state index is 13.7. The molecule has 3 aromatic rings. The SMILES string of the molecule is Fc1cnc(Cl)nc1-c1ccn2ncc(Br)c2c1. The molecule has 0 aliphatic heterocycles. The van der Waals surface area contributed by atoms with Gasteiger partial charge in [0, 0.05) is 11.8 Å². The topological polar surface area (TPSA) is 43.1 Å². The summed E-state index contributed by atoms with van der Waals surface area (Å²) in [4.78, 5) is 7.49. The van der Waals surface area contributed by atoms with Crippen molar-refractivity contribution in [3.8, 4) is 11.3 Å². The van der Waals surface area contributed by atoms with Gasteiger partial charge in [-0.25, -0.2) is 18.9 Å². The second kappa shape index (κ2) is 4.29. The molecular formula is C11H5BrClFN4. The van der Waals surface area contributed by atoms with Crippen molar-refractivity contribution in [3.05, 3.63) is 46.3 Å². The molecular weight excluding hydrogens is 323 g/mol. The van der Waals surface area contributed by atoms with E-state index < -0.39 is 5.82 Å². The van der Waals surface area contributed by atoms with Crippen molar-refractivity contribution in [2.24, 2.45) is 0 Å². The number of hydrogen-bond donors (Lipinski definition) is 0. The Kier molecular flexibility index (Phi) is 2.76. The van der Waals surface area contributed by atoms with E-state index in [9.17, 15) is 4.39 Å². The lowest BCUT2D eigenvalue weighted by Gasteiger charge is -2.03. The Labute approximate surface area is 115 Å². The van der Waals surface area contributed by atoms with Gasteiger partial charge >= 0.3 is 0 Å². The molecule has 0 fully saturated rings. The third-order valence-electron chi connectivity index (χ3n) is 2.46. The third kappa shape index (κ3) is 1.87. The number of aromatic nitrogens is 4. The molecule has 0 aromatic carbocycles. The van der Waals surface area contributed by atoms with E-state index in [1.54, 1.807) is 29.0 Å². The van der Waals surface area contributed by atoms with Crippen molar-refractivity contribution in [3.63, 3.8) is 0 Å². The van der Waals surface area contributed by atoms with Crippen molar-refractivity contribution in [1.29, 1.82) is 0 Å². The van der Waals surface area contributed by atoms with Crippen molar-refractivity contribution < 1.29 is 4.39 Å². The van der Waals surface area contributed by atoms with Gasteiger partial charge in [-0.3, -0.25) is 0 Å². The van der Waals surface area contributed by atoms with E-state index in [-0.39, 0.29) is 11.0 Å². The molecule has 0 atom stereocenters. The standard InChI is InChI=1S/C11H5BrClFN4/c12-7-4-16-18-2-1-6(3-9(7)18)10-8(14)5-15-11(13)17-10/h1-5H. The first-order valence-electron chi connectivity index (χ1n) is 4.96. The molecule has 7 heteroatoms. The van der Waals surface area contributed by atoms with Crippen LogP contribution in [-0.4, -0.2) is 19.6 Å². The lowest BCUT2D eigenvalue weighted by molar-refractivity contribution is 0.618. The molecule has 3 rings (SSSR count). The van der Waals surface area contributed by atoms with Gasteiger partial charge in [0.1, 0.15) is 5.69 Å². The monoisotopic (exact) mass is 326 g/mol. The van der Waals surface area contributed by atoms with E-state index in [2.05, 4.69) is 31.0 Å². The van der Waals surface area contributed by atoms with Gasteiger partial charge in [0.05, 0.1) is 22.4 Å². The average Bonchev–Trinajstić information content (AvgIpc) is 2.74. The molecule has 0 unspecified atom stereocenters. The van der Waals surface area contributed by atoms with Crippen molar-refractivity contribution in [2.75, 3.05) is 0 Å². The van der Waals surface area contributed by atoms with E-state index >= 15 is 0 Å². The maximum Gasteiger partial charge on any atom is 0.223 e. The number of rotatable bonds is 1. The van der Waals surface area contributed by atoms with Crippen LogP contribution in [0.25, 0.3) is 16.8 Å². The Morgan fingerprint density at radius 1 is 1.33 bits per heavy atom. The van der Waals surface area contributed by atoms with Crippen LogP contribution in [0.2, 0.25) is 5.28 Å². The molecule has 0 saturated heterocycles. The number of halogens is 3. The first-order valence-corrected chi connectivity index (χ1v) is 6.13. The normalized spacial score (nSPS) is 11.1. The predicted molar refractivity (Wildman–Crippen MR) is 68.9 cm³/mol. The lowest BCUT2D eigenvalue weighted by atomic mass is 10.1. The molecule has 0 aliphatic rings. The third-order valence-corrected chi connectivity index (χ3v) is 3.26. The Morgan fingerprint density at radius 3 is 3.00 bits per heavy atom. The molecule has 0 amide bonds. The van der Waals surface area contributed by atoms with Crippen LogP contribution in [0.4, 0.5) is 4.39 Å². The summed E-state index contributed by atoms with van der Waals surface area (Å²) in [7, 11) is 0. The van der Waals surface area contributed by atoms with E-state index in [1.165, 1.54) is 0 Å². The Bertz CT molecular complexity index is 743. The fourth-order valence-electron chi connectivity index (χ4n) is 1.65. The van der Waals surface area contributed by atoms with Gasteiger partial charge in [-0.2, -0.15) is 5.10 Å². The quantitative estimate of drug-likeness (QED) is 0.644. The van der Waals surface area contributed by atoms with Crippen molar-refractivity contribution in [1.82, 2.24) is 19.6 Å². The molecule has 0 radical (unpaired) electrons. The molecule has 0 aliphatic carbocycles. The van der Waals surface area contributed by atoms with Gasteiger partial charge < -0.3 is 0 Å². The van der Waals surface area contributed by atoms with E-state index in [0.29, 0.717) is 5.56 Å². The predicted octanol–water partition coefficient (Wildman–Crippen LogP) is 3.35. The van der Waals surface area contributed by atoms with E-state index in [0.717, 1.165) is 16.2 Å². The highest BCUT2D eigenvalue weighted by molar-refractivity contribution is 9.10. The van der Waals surface area contributed by atoms with E-state index in [1.807, 2.05) is 0 Å². The first kappa shape index (κ1) is 11.6.